The Kier molecular flexibility index (Phi) is 5.97. The molecule has 0 spiro atoms. The third-order valence-corrected chi connectivity index (χ3v) is 5.87. The quantitative estimate of drug-likeness (QED) is 0.766. The van der Waals surface area contributed by atoms with E-state index < -0.39 is 15.4 Å². The van der Waals surface area contributed by atoms with Gasteiger partial charge in [0.2, 0.25) is 15.9 Å². The summed E-state index contributed by atoms with van der Waals surface area (Å²) in [5.74, 6) is -0.292. The Bertz CT molecular complexity index is 714. The average Bonchev–Trinajstić information content (AvgIpc) is 2.59. The summed E-state index contributed by atoms with van der Waals surface area (Å²) in [6, 6.07) is 8.71. The maximum Gasteiger partial charge on any atom is 0.240 e. The molecule has 2 N–H and O–H groups in total. The monoisotopic (exact) mass is 349 g/mol. The molecule has 7 heteroatoms. The van der Waals surface area contributed by atoms with Crippen molar-refractivity contribution in [2.24, 2.45) is 5.41 Å². The maximum absolute atomic E-state index is 12.3. The number of rotatable bonds is 6. The van der Waals surface area contributed by atoms with Gasteiger partial charge in [0.1, 0.15) is 5.41 Å². The summed E-state index contributed by atoms with van der Waals surface area (Å²) in [6.45, 7) is 2.13. The van der Waals surface area contributed by atoms with E-state index in [9.17, 15) is 18.5 Å². The minimum Gasteiger partial charge on any atom is -0.353 e. The molecule has 1 amide bonds. The van der Waals surface area contributed by atoms with Crippen molar-refractivity contribution in [3.63, 3.8) is 0 Å². The molecule has 0 atom stereocenters. The predicted molar refractivity (Wildman–Crippen MR) is 90.5 cm³/mol. The van der Waals surface area contributed by atoms with E-state index in [-0.39, 0.29) is 23.9 Å². The Morgan fingerprint density at radius 1 is 1.17 bits per heavy atom. The van der Waals surface area contributed by atoms with Crippen LogP contribution in [0.3, 0.4) is 0 Å². The Hall–Kier alpha value is -1.91. The van der Waals surface area contributed by atoms with Crippen LogP contribution in [0.25, 0.3) is 0 Å². The largest absolute Gasteiger partial charge is 0.353 e. The van der Waals surface area contributed by atoms with Crippen LogP contribution in [0.15, 0.2) is 29.2 Å². The number of carbonyl (C=O) groups is 1. The van der Waals surface area contributed by atoms with Crippen molar-refractivity contribution < 1.29 is 13.2 Å². The Morgan fingerprint density at radius 2 is 1.79 bits per heavy atom. The first kappa shape index (κ1) is 18.4. The maximum atomic E-state index is 12.3. The van der Waals surface area contributed by atoms with Gasteiger partial charge in [0.25, 0.3) is 0 Å². The molecule has 1 aromatic rings. The van der Waals surface area contributed by atoms with Crippen molar-refractivity contribution in [3.05, 3.63) is 29.8 Å². The SMILES string of the molecule is Cc1ccc(S(=O)(=O)NCCNC(=O)C2(C#N)CCCCC2)cc1. The lowest BCUT2D eigenvalue weighted by molar-refractivity contribution is -0.129. The number of nitrogens with one attached hydrogen (secondary N) is 2. The fraction of sp³-hybridized carbons (Fsp3) is 0.529. The van der Waals surface area contributed by atoms with Gasteiger partial charge in [-0.25, -0.2) is 13.1 Å². The van der Waals surface area contributed by atoms with Gasteiger partial charge in [-0.1, -0.05) is 37.0 Å². The topological polar surface area (TPSA) is 99.1 Å². The Labute approximate surface area is 143 Å². The van der Waals surface area contributed by atoms with Crippen LogP contribution in [0.1, 0.15) is 37.7 Å². The molecule has 0 heterocycles. The number of aryl methyl sites for hydroxylation is 1. The lowest BCUT2D eigenvalue weighted by Crippen LogP contribution is -2.44. The van der Waals surface area contributed by atoms with Gasteiger partial charge in [0.05, 0.1) is 11.0 Å². The first-order valence-electron chi connectivity index (χ1n) is 8.15. The standard InChI is InChI=1S/C17H23N3O3S/c1-14-5-7-15(8-6-14)24(22,23)20-12-11-19-16(21)17(13-18)9-3-2-4-10-17/h5-8,20H,2-4,9-12H2,1H3,(H,19,21). The van der Waals surface area contributed by atoms with Crippen LogP contribution >= 0.6 is 0 Å². The summed E-state index contributed by atoms with van der Waals surface area (Å²) >= 11 is 0. The minimum atomic E-state index is -3.59. The molecule has 6 nitrogen and oxygen atoms in total. The van der Waals surface area contributed by atoms with Crippen molar-refractivity contribution in [2.75, 3.05) is 13.1 Å². The third kappa shape index (κ3) is 4.34. The summed E-state index contributed by atoms with van der Waals surface area (Å²) in [6.07, 6.45) is 3.95. The molecule has 2 rings (SSSR count). The summed E-state index contributed by atoms with van der Waals surface area (Å²) < 4.78 is 26.7. The van der Waals surface area contributed by atoms with Gasteiger partial charge in [-0.05, 0) is 31.9 Å². The highest BCUT2D eigenvalue weighted by atomic mass is 32.2. The van der Waals surface area contributed by atoms with Crippen molar-refractivity contribution in [3.8, 4) is 6.07 Å². The van der Waals surface area contributed by atoms with Gasteiger partial charge in [-0.15, -0.1) is 0 Å². The Morgan fingerprint density at radius 3 is 2.38 bits per heavy atom. The molecular formula is C17H23N3O3S. The van der Waals surface area contributed by atoms with E-state index in [4.69, 9.17) is 0 Å². The molecule has 1 aliphatic carbocycles. The lowest BCUT2D eigenvalue weighted by Gasteiger charge is -2.29. The second-order valence-electron chi connectivity index (χ2n) is 6.22. The number of sulfonamides is 1. The van der Waals surface area contributed by atoms with Crippen LogP contribution in [0.4, 0.5) is 0 Å². The highest BCUT2D eigenvalue weighted by molar-refractivity contribution is 7.89. The van der Waals surface area contributed by atoms with Crippen LogP contribution in [-0.2, 0) is 14.8 Å². The Balaban J connectivity index is 1.85. The molecule has 1 saturated carbocycles. The molecule has 24 heavy (non-hydrogen) atoms. The van der Waals surface area contributed by atoms with Crippen LogP contribution in [0.5, 0.6) is 0 Å². The van der Waals surface area contributed by atoms with Crippen molar-refractivity contribution in [2.45, 2.75) is 43.9 Å². The van der Waals surface area contributed by atoms with Gasteiger partial charge < -0.3 is 5.32 Å². The summed E-state index contributed by atoms with van der Waals surface area (Å²) in [5.41, 5.74) is 0.0316. The van der Waals surface area contributed by atoms with Crippen LogP contribution in [0, 0.1) is 23.7 Å². The number of hydrogen-bond donors (Lipinski definition) is 2. The zero-order valence-corrected chi connectivity index (χ0v) is 14.7. The van der Waals surface area contributed by atoms with Crippen LogP contribution in [0.2, 0.25) is 0 Å². The molecule has 0 aliphatic heterocycles. The molecule has 1 aliphatic rings. The van der Waals surface area contributed by atoms with Gasteiger partial charge in [-0.2, -0.15) is 5.26 Å². The lowest BCUT2D eigenvalue weighted by atomic mass is 9.74. The number of nitrogens with zero attached hydrogens (tertiary/aromatic N) is 1. The third-order valence-electron chi connectivity index (χ3n) is 4.39. The molecule has 0 bridgehead atoms. The smallest absolute Gasteiger partial charge is 0.240 e. The van der Waals surface area contributed by atoms with E-state index in [2.05, 4.69) is 16.1 Å². The average molecular weight is 349 g/mol. The van der Waals surface area contributed by atoms with E-state index >= 15 is 0 Å². The molecule has 1 aromatic carbocycles. The van der Waals surface area contributed by atoms with E-state index in [0.29, 0.717) is 12.8 Å². The second-order valence-corrected chi connectivity index (χ2v) is 7.99. The van der Waals surface area contributed by atoms with E-state index in [1.807, 2.05) is 6.92 Å². The molecule has 0 unspecified atom stereocenters. The van der Waals surface area contributed by atoms with Crippen molar-refractivity contribution >= 4 is 15.9 Å². The summed E-state index contributed by atoms with van der Waals surface area (Å²) in [4.78, 5) is 12.5. The van der Waals surface area contributed by atoms with Crippen LogP contribution in [-0.4, -0.2) is 27.4 Å². The predicted octanol–water partition coefficient (Wildman–Crippen LogP) is 1.86. The molecule has 0 saturated heterocycles. The summed E-state index contributed by atoms with van der Waals surface area (Å²) in [5, 5.41) is 12.0. The van der Waals surface area contributed by atoms with Gasteiger partial charge in [0, 0.05) is 13.1 Å². The summed E-state index contributed by atoms with van der Waals surface area (Å²) in [7, 11) is -3.59. The number of amides is 1. The molecular weight excluding hydrogens is 326 g/mol. The highest BCUT2D eigenvalue weighted by Crippen LogP contribution is 2.35. The first-order chi connectivity index (χ1) is 11.4. The van der Waals surface area contributed by atoms with Gasteiger partial charge in [-0.3, -0.25) is 4.79 Å². The molecule has 1 fully saturated rings. The van der Waals surface area contributed by atoms with E-state index in [0.717, 1.165) is 24.8 Å². The van der Waals surface area contributed by atoms with Crippen LogP contribution < -0.4 is 10.0 Å². The molecule has 0 radical (unpaired) electrons. The van der Waals surface area contributed by atoms with Crippen molar-refractivity contribution in [1.29, 1.82) is 5.26 Å². The normalized spacial score (nSPS) is 17.0. The molecule has 0 aromatic heterocycles. The first-order valence-corrected chi connectivity index (χ1v) is 9.64. The fourth-order valence-electron chi connectivity index (χ4n) is 2.88. The fourth-order valence-corrected chi connectivity index (χ4v) is 3.91. The zero-order valence-electron chi connectivity index (χ0n) is 13.8. The minimum absolute atomic E-state index is 0.0868. The van der Waals surface area contributed by atoms with Gasteiger partial charge in [0.15, 0.2) is 0 Å². The number of nitriles is 1. The molecule has 130 valence electrons. The van der Waals surface area contributed by atoms with E-state index in [1.54, 1.807) is 24.3 Å². The number of benzene rings is 1. The van der Waals surface area contributed by atoms with Gasteiger partial charge >= 0.3 is 0 Å². The number of carbonyl (C=O) groups excluding carboxylic acids is 1. The number of hydrogen-bond acceptors (Lipinski definition) is 4. The van der Waals surface area contributed by atoms with Crippen molar-refractivity contribution in [1.82, 2.24) is 10.0 Å². The van der Waals surface area contributed by atoms with E-state index in [1.165, 1.54) is 0 Å². The second kappa shape index (κ2) is 7.77. The zero-order chi connectivity index (χ0) is 17.6. The highest BCUT2D eigenvalue weighted by Gasteiger charge is 2.39.